The molecule has 0 aromatic heterocycles. The summed E-state index contributed by atoms with van der Waals surface area (Å²) >= 11 is 5.27. The second-order valence-corrected chi connectivity index (χ2v) is 4.07. The van der Waals surface area contributed by atoms with E-state index >= 15 is 0 Å². The van der Waals surface area contributed by atoms with Crippen LogP contribution >= 0.6 is 19.2 Å². The van der Waals surface area contributed by atoms with Gasteiger partial charge in [-0.15, -0.1) is 11.6 Å². The van der Waals surface area contributed by atoms with Crippen molar-refractivity contribution >= 4 is 19.2 Å². The van der Waals surface area contributed by atoms with Crippen LogP contribution in [0, 0.1) is 0 Å². The van der Waals surface area contributed by atoms with Crippen molar-refractivity contribution in [2.45, 2.75) is 12.3 Å². The fourth-order valence-electron chi connectivity index (χ4n) is 0.328. The zero-order valence-corrected chi connectivity index (χ0v) is 6.06. The molecular weight excluding hydrogens is 150 g/mol. The normalized spacial score (nSPS) is 16.0. The van der Waals surface area contributed by atoms with Crippen LogP contribution in [0.25, 0.3) is 0 Å². The number of halogens is 1. The van der Waals surface area contributed by atoms with E-state index in [-0.39, 0.29) is 6.16 Å². The van der Waals surface area contributed by atoms with Gasteiger partial charge in [-0.25, -0.2) is 0 Å². The largest absolute Gasteiger partial charge is 0.327 e. The maximum Gasteiger partial charge on any atom is 0.327 e. The summed E-state index contributed by atoms with van der Waals surface area (Å²) in [5, 5.41) is -0.448. The van der Waals surface area contributed by atoms with Gasteiger partial charge in [-0.3, -0.25) is 4.57 Å². The molecule has 0 aromatic rings. The van der Waals surface area contributed by atoms with Crippen LogP contribution in [0.4, 0.5) is 0 Å². The third-order valence-corrected chi connectivity index (χ3v) is 1.88. The third-order valence-electron chi connectivity index (χ3n) is 0.489. The van der Waals surface area contributed by atoms with Crippen LogP contribution in [-0.2, 0) is 4.57 Å². The van der Waals surface area contributed by atoms with Gasteiger partial charge in [-0.05, 0) is 6.92 Å². The standard InChI is InChI=1S/C3H8ClO3P/c1-3(4)2-8(5,6)7/h3H,2H2,1H3,(H2,5,6,7). The van der Waals surface area contributed by atoms with Crippen LogP contribution in [0.5, 0.6) is 0 Å². The monoisotopic (exact) mass is 158 g/mol. The molecule has 0 saturated heterocycles. The highest BCUT2D eigenvalue weighted by atomic mass is 35.5. The Kier molecular flexibility index (Phi) is 2.99. The molecule has 0 aliphatic rings. The summed E-state index contributed by atoms with van der Waals surface area (Å²) in [7, 11) is -3.85. The molecule has 1 unspecified atom stereocenters. The van der Waals surface area contributed by atoms with Crippen molar-refractivity contribution in [2.24, 2.45) is 0 Å². The van der Waals surface area contributed by atoms with Crippen molar-refractivity contribution in [2.75, 3.05) is 6.16 Å². The maximum absolute atomic E-state index is 10.1. The average molecular weight is 159 g/mol. The zero-order valence-electron chi connectivity index (χ0n) is 4.41. The van der Waals surface area contributed by atoms with Crippen molar-refractivity contribution in [3.8, 4) is 0 Å². The average Bonchev–Trinajstić information content (AvgIpc) is 1.21. The highest BCUT2D eigenvalue weighted by Gasteiger charge is 2.15. The molecule has 2 N–H and O–H groups in total. The highest BCUT2D eigenvalue weighted by Crippen LogP contribution is 2.35. The molecule has 0 bridgehead atoms. The molecule has 0 rings (SSSR count). The van der Waals surface area contributed by atoms with Gasteiger partial charge in [0.2, 0.25) is 0 Å². The van der Waals surface area contributed by atoms with Crippen molar-refractivity contribution in [3.63, 3.8) is 0 Å². The van der Waals surface area contributed by atoms with E-state index in [1.54, 1.807) is 6.92 Å². The number of hydrogen-bond donors (Lipinski definition) is 2. The van der Waals surface area contributed by atoms with Gasteiger partial charge < -0.3 is 9.79 Å². The van der Waals surface area contributed by atoms with Crippen LogP contribution in [-0.4, -0.2) is 21.3 Å². The van der Waals surface area contributed by atoms with E-state index in [2.05, 4.69) is 0 Å². The van der Waals surface area contributed by atoms with Gasteiger partial charge in [0.05, 0.1) is 6.16 Å². The van der Waals surface area contributed by atoms with Gasteiger partial charge >= 0.3 is 7.60 Å². The number of hydrogen-bond acceptors (Lipinski definition) is 1. The summed E-state index contributed by atoms with van der Waals surface area (Å²) in [6.07, 6.45) is -0.242. The molecule has 0 amide bonds. The first-order chi connectivity index (χ1) is 3.42. The van der Waals surface area contributed by atoms with E-state index < -0.39 is 13.0 Å². The third kappa shape index (κ3) is 6.44. The predicted molar refractivity (Wildman–Crippen MR) is 32.2 cm³/mol. The lowest BCUT2D eigenvalue weighted by molar-refractivity contribution is 0.373. The minimum absolute atomic E-state index is 0.242. The van der Waals surface area contributed by atoms with Crippen LogP contribution in [0.1, 0.15) is 6.92 Å². The summed E-state index contributed by atoms with van der Waals surface area (Å²) < 4.78 is 10.1. The Hall–Kier alpha value is 0.440. The molecule has 5 heteroatoms. The Morgan fingerprint density at radius 1 is 1.75 bits per heavy atom. The first-order valence-electron chi connectivity index (χ1n) is 2.10. The summed E-state index contributed by atoms with van der Waals surface area (Å²) in [5.74, 6) is 0. The molecule has 50 valence electrons. The fraction of sp³-hybridized carbons (Fsp3) is 1.00. The van der Waals surface area contributed by atoms with E-state index in [0.29, 0.717) is 0 Å². The highest BCUT2D eigenvalue weighted by molar-refractivity contribution is 7.51. The van der Waals surface area contributed by atoms with Crippen LogP contribution in [0.15, 0.2) is 0 Å². The predicted octanol–water partition coefficient (Wildman–Crippen LogP) is 0.791. The molecule has 0 radical (unpaired) electrons. The minimum Gasteiger partial charge on any atom is -0.324 e. The molecule has 3 nitrogen and oxygen atoms in total. The van der Waals surface area contributed by atoms with E-state index in [4.69, 9.17) is 21.4 Å². The Balaban J connectivity index is 3.56. The van der Waals surface area contributed by atoms with Crippen LogP contribution in [0.2, 0.25) is 0 Å². The van der Waals surface area contributed by atoms with Gasteiger partial charge in [-0.1, -0.05) is 0 Å². The van der Waals surface area contributed by atoms with Crippen molar-refractivity contribution in [1.29, 1.82) is 0 Å². The van der Waals surface area contributed by atoms with Crippen LogP contribution < -0.4 is 0 Å². The molecule has 1 atom stereocenters. The van der Waals surface area contributed by atoms with Gasteiger partial charge in [0.25, 0.3) is 0 Å². The van der Waals surface area contributed by atoms with E-state index in [9.17, 15) is 4.57 Å². The second-order valence-electron chi connectivity index (χ2n) is 1.63. The summed E-state index contributed by atoms with van der Waals surface area (Å²) in [6, 6.07) is 0. The fourth-order valence-corrected chi connectivity index (χ4v) is 1.52. The SMILES string of the molecule is CC(Cl)CP(=O)(O)O. The Morgan fingerprint density at radius 2 is 2.12 bits per heavy atom. The lowest BCUT2D eigenvalue weighted by Gasteiger charge is -2.02. The Bertz CT molecular complexity index is 107. The molecule has 0 spiro atoms. The van der Waals surface area contributed by atoms with E-state index in [1.165, 1.54) is 0 Å². The number of alkyl halides is 1. The molecular formula is C3H8ClO3P. The lowest BCUT2D eigenvalue weighted by atomic mass is 10.6. The number of rotatable bonds is 2. The molecule has 0 aromatic carbocycles. The van der Waals surface area contributed by atoms with Gasteiger partial charge in [-0.2, -0.15) is 0 Å². The first kappa shape index (κ1) is 8.44. The molecule has 0 fully saturated rings. The second kappa shape index (κ2) is 2.83. The first-order valence-corrected chi connectivity index (χ1v) is 4.34. The van der Waals surface area contributed by atoms with Crippen molar-refractivity contribution in [3.05, 3.63) is 0 Å². The molecule has 0 aliphatic carbocycles. The smallest absolute Gasteiger partial charge is 0.324 e. The van der Waals surface area contributed by atoms with Gasteiger partial charge in [0.1, 0.15) is 0 Å². The Labute approximate surface area is 52.8 Å². The maximum atomic E-state index is 10.1. The minimum atomic E-state index is -3.85. The zero-order chi connectivity index (χ0) is 6.78. The van der Waals surface area contributed by atoms with Crippen LogP contribution in [0.3, 0.4) is 0 Å². The van der Waals surface area contributed by atoms with Gasteiger partial charge in [0, 0.05) is 5.38 Å². The van der Waals surface area contributed by atoms with Crippen molar-refractivity contribution in [1.82, 2.24) is 0 Å². The van der Waals surface area contributed by atoms with E-state index in [0.717, 1.165) is 0 Å². The molecule has 0 saturated carbocycles. The Morgan fingerprint density at radius 3 is 2.12 bits per heavy atom. The molecule has 0 heterocycles. The molecule has 8 heavy (non-hydrogen) atoms. The summed E-state index contributed by atoms with van der Waals surface area (Å²) in [5.41, 5.74) is 0. The lowest BCUT2D eigenvalue weighted by Crippen LogP contribution is -1.98. The molecule has 0 aliphatic heterocycles. The quantitative estimate of drug-likeness (QED) is 0.462. The topological polar surface area (TPSA) is 57.5 Å². The summed E-state index contributed by atoms with van der Waals surface area (Å²) in [4.78, 5) is 16.4. The van der Waals surface area contributed by atoms with Gasteiger partial charge in [0.15, 0.2) is 0 Å². The van der Waals surface area contributed by atoms with Crippen molar-refractivity contribution < 1.29 is 14.4 Å². The van der Waals surface area contributed by atoms with E-state index in [1.807, 2.05) is 0 Å². The summed E-state index contributed by atoms with van der Waals surface area (Å²) in [6.45, 7) is 1.54.